The first-order valence-electron chi connectivity index (χ1n) is 5.88. The molecule has 1 amide bonds. The van der Waals surface area contributed by atoms with E-state index < -0.39 is 0 Å². The van der Waals surface area contributed by atoms with E-state index in [-0.39, 0.29) is 36.4 Å². The van der Waals surface area contributed by atoms with Crippen LogP contribution in [0.5, 0.6) is 0 Å². The van der Waals surface area contributed by atoms with E-state index in [1.54, 1.807) is 0 Å². The highest BCUT2D eigenvalue weighted by atomic mass is 35.5. The third-order valence-electron chi connectivity index (χ3n) is 3.56. The lowest BCUT2D eigenvalue weighted by atomic mass is 10.0. The molecule has 1 saturated carbocycles. The van der Waals surface area contributed by atoms with Crippen molar-refractivity contribution in [2.24, 2.45) is 5.41 Å². The van der Waals surface area contributed by atoms with Gasteiger partial charge in [0.2, 0.25) is 5.91 Å². The number of amides is 1. The Bertz CT molecular complexity index is 238. The Morgan fingerprint density at radius 3 is 2.69 bits per heavy atom. The summed E-state index contributed by atoms with van der Waals surface area (Å²) in [5.41, 5.74) is 0.0182. The number of halogens is 1. The summed E-state index contributed by atoms with van der Waals surface area (Å²) in [4.78, 5) is 11.7. The zero-order chi connectivity index (χ0) is 10.7. The molecule has 0 aromatic carbocycles. The smallest absolute Gasteiger partial charge is 0.237 e. The highest BCUT2D eigenvalue weighted by molar-refractivity contribution is 5.85. The topological polar surface area (TPSA) is 61.4 Å². The molecule has 3 N–H and O–H groups in total. The molecule has 1 aliphatic carbocycles. The van der Waals surface area contributed by atoms with Gasteiger partial charge >= 0.3 is 0 Å². The molecule has 0 bridgehead atoms. The van der Waals surface area contributed by atoms with Gasteiger partial charge in [0.25, 0.3) is 0 Å². The lowest BCUT2D eigenvalue weighted by Gasteiger charge is -2.23. The standard InChI is InChI=1S/C11H20N2O2.ClH/c14-8-11(4-5-11)7-13-10(15)9-3-1-2-6-12-9;/h9,12,14H,1-8H2,(H,13,15);1H. The van der Waals surface area contributed by atoms with Gasteiger partial charge in [-0.2, -0.15) is 0 Å². The molecule has 1 unspecified atom stereocenters. The van der Waals surface area contributed by atoms with E-state index in [9.17, 15) is 4.79 Å². The monoisotopic (exact) mass is 248 g/mol. The molecule has 1 saturated heterocycles. The fraction of sp³-hybridized carbons (Fsp3) is 0.909. The lowest BCUT2D eigenvalue weighted by Crippen LogP contribution is -2.48. The van der Waals surface area contributed by atoms with Crippen LogP contribution in [0.1, 0.15) is 32.1 Å². The zero-order valence-corrected chi connectivity index (χ0v) is 10.3. The Hall–Kier alpha value is -0.320. The molecule has 0 radical (unpaired) electrons. The first-order chi connectivity index (χ1) is 7.26. The summed E-state index contributed by atoms with van der Waals surface area (Å²) in [6, 6.07) is -0.00626. The fourth-order valence-corrected chi connectivity index (χ4v) is 2.04. The first-order valence-corrected chi connectivity index (χ1v) is 5.88. The number of aliphatic hydroxyl groups excluding tert-OH is 1. The molecule has 0 aromatic heterocycles. The summed E-state index contributed by atoms with van der Waals surface area (Å²) in [6.45, 7) is 1.79. The second-order valence-corrected chi connectivity index (χ2v) is 4.88. The van der Waals surface area contributed by atoms with Crippen LogP contribution in [0.25, 0.3) is 0 Å². The average Bonchev–Trinajstić information content (AvgIpc) is 3.08. The molecule has 1 atom stereocenters. The van der Waals surface area contributed by atoms with Gasteiger partial charge in [0.1, 0.15) is 0 Å². The Morgan fingerprint density at radius 1 is 1.44 bits per heavy atom. The van der Waals surface area contributed by atoms with Crippen LogP contribution < -0.4 is 10.6 Å². The van der Waals surface area contributed by atoms with Crippen LogP contribution in [0.2, 0.25) is 0 Å². The summed E-state index contributed by atoms with van der Waals surface area (Å²) < 4.78 is 0. The molecular formula is C11H21ClN2O2. The summed E-state index contributed by atoms with van der Waals surface area (Å²) in [5.74, 6) is 0.106. The first kappa shape index (κ1) is 13.7. The van der Waals surface area contributed by atoms with Crippen molar-refractivity contribution in [3.63, 3.8) is 0 Å². The Labute approximate surface area is 103 Å². The van der Waals surface area contributed by atoms with E-state index in [0.29, 0.717) is 6.54 Å². The van der Waals surface area contributed by atoms with E-state index in [0.717, 1.165) is 32.2 Å². The minimum absolute atomic E-state index is 0. The molecule has 1 aliphatic heterocycles. The maximum absolute atomic E-state index is 11.7. The van der Waals surface area contributed by atoms with Gasteiger partial charge in [-0.25, -0.2) is 0 Å². The van der Waals surface area contributed by atoms with E-state index in [2.05, 4.69) is 10.6 Å². The molecule has 2 aliphatic rings. The van der Waals surface area contributed by atoms with Crippen molar-refractivity contribution in [1.82, 2.24) is 10.6 Å². The molecule has 0 spiro atoms. The Morgan fingerprint density at radius 2 is 2.19 bits per heavy atom. The highest BCUT2D eigenvalue weighted by Gasteiger charge is 2.42. The Kier molecular flexibility index (Phi) is 5.02. The fourth-order valence-electron chi connectivity index (χ4n) is 2.04. The van der Waals surface area contributed by atoms with Gasteiger partial charge in [-0.05, 0) is 32.2 Å². The van der Waals surface area contributed by atoms with Crippen LogP contribution in [0, 0.1) is 5.41 Å². The molecular weight excluding hydrogens is 228 g/mol. The van der Waals surface area contributed by atoms with Crippen LogP contribution in [0.15, 0.2) is 0 Å². The average molecular weight is 249 g/mol. The summed E-state index contributed by atoms with van der Waals surface area (Å²) in [5, 5.41) is 15.3. The minimum Gasteiger partial charge on any atom is -0.396 e. The highest BCUT2D eigenvalue weighted by Crippen LogP contribution is 2.44. The van der Waals surface area contributed by atoms with Crippen molar-refractivity contribution in [1.29, 1.82) is 0 Å². The quantitative estimate of drug-likeness (QED) is 0.677. The van der Waals surface area contributed by atoms with E-state index in [1.165, 1.54) is 6.42 Å². The van der Waals surface area contributed by atoms with Crippen LogP contribution in [-0.2, 0) is 4.79 Å². The predicted molar refractivity (Wildman–Crippen MR) is 64.7 cm³/mol. The predicted octanol–water partition coefficient (Wildman–Crippen LogP) is 0.439. The molecule has 16 heavy (non-hydrogen) atoms. The van der Waals surface area contributed by atoms with Crippen LogP contribution in [-0.4, -0.2) is 36.8 Å². The normalized spacial score (nSPS) is 26.7. The molecule has 2 rings (SSSR count). The second kappa shape index (κ2) is 5.84. The van der Waals surface area contributed by atoms with Gasteiger partial charge in [0.15, 0.2) is 0 Å². The number of hydrogen-bond donors (Lipinski definition) is 3. The largest absolute Gasteiger partial charge is 0.396 e. The van der Waals surface area contributed by atoms with Gasteiger partial charge in [-0.1, -0.05) is 6.42 Å². The van der Waals surface area contributed by atoms with E-state index in [1.807, 2.05) is 0 Å². The van der Waals surface area contributed by atoms with Crippen molar-refractivity contribution in [2.45, 2.75) is 38.1 Å². The molecule has 1 heterocycles. The van der Waals surface area contributed by atoms with Gasteiger partial charge in [-0.15, -0.1) is 12.4 Å². The van der Waals surface area contributed by atoms with Crippen molar-refractivity contribution in [3.8, 4) is 0 Å². The second-order valence-electron chi connectivity index (χ2n) is 4.88. The van der Waals surface area contributed by atoms with Gasteiger partial charge < -0.3 is 15.7 Å². The summed E-state index contributed by atoms with van der Waals surface area (Å²) >= 11 is 0. The third-order valence-corrected chi connectivity index (χ3v) is 3.56. The lowest BCUT2D eigenvalue weighted by molar-refractivity contribution is -0.124. The van der Waals surface area contributed by atoms with Crippen LogP contribution >= 0.6 is 12.4 Å². The number of hydrogen-bond acceptors (Lipinski definition) is 3. The number of carbonyl (C=O) groups is 1. The zero-order valence-electron chi connectivity index (χ0n) is 9.50. The Balaban J connectivity index is 0.00000128. The SMILES string of the molecule is Cl.O=C(NCC1(CO)CC1)C1CCCCN1. The molecule has 0 aromatic rings. The van der Waals surface area contributed by atoms with Gasteiger partial charge in [-0.3, -0.25) is 4.79 Å². The molecule has 2 fully saturated rings. The molecule has 5 heteroatoms. The number of rotatable bonds is 4. The van der Waals surface area contributed by atoms with Crippen LogP contribution in [0.3, 0.4) is 0 Å². The summed E-state index contributed by atoms with van der Waals surface area (Å²) in [7, 11) is 0. The minimum atomic E-state index is -0.00626. The van der Waals surface area contributed by atoms with Crippen molar-refractivity contribution >= 4 is 18.3 Å². The third kappa shape index (κ3) is 3.34. The van der Waals surface area contributed by atoms with E-state index >= 15 is 0 Å². The maximum atomic E-state index is 11.7. The van der Waals surface area contributed by atoms with Gasteiger partial charge in [0.05, 0.1) is 12.6 Å². The number of carbonyl (C=O) groups excluding carboxylic acids is 1. The van der Waals surface area contributed by atoms with Crippen LogP contribution in [0.4, 0.5) is 0 Å². The van der Waals surface area contributed by atoms with E-state index in [4.69, 9.17) is 5.11 Å². The summed E-state index contributed by atoms with van der Waals surface area (Å²) in [6.07, 6.45) is 5.34. The van der Waals surface area contributed by atoms with Crippen molar-refractivity contribution in [3.05, 3.63) is 0 Å². The van der Waals surface area contributed by atoms with Crippen molar-refractivity contribution in [2.75, 3.05) is 19.7 Å². The number of piperidine rings is 1. The molecule has 4 nitrogen and oxygen atoms in total. The molecule has 94 valence electrons. The number of nitrogens with one attached hydrogen (secondary N) is 2. The van der Waals surface area contributed by atoms with Gasteiger partial charge in [0, 0.05) is 12.0 Å². The maximum Gasteiger partial charge on any atom is 0.237 e. The van der Waals surface area contributed by atoms with Crippen molar-refractivity contribution < 1.29 is 9.90 Å². The number of aliphatic hydroxyl groups is 1.